The molecule has 2 aromatic carbocycles. The van der Waals surface area contributed by atoms with Gasteiger partial charge in [0, 0.05) is 22.0 Å². The van der Waals surface area contributed by atoms with Gasteiger partial charge in [-0.05, 0) is 36.8 Å². The van der Waals surface area contributed by atoms with Crippen molar-refractivity contribution in [3.05, 3.63) is 71.1 Å². The number of aromatic nitrogens is 1. The molecule has 0 bridgehead atoms. The lowest BCUT2D eigenvalue weighted by Gasteiger charge is -2.06. The minimum Gasteiger partial charge on any atom is -0.444 e. The second-order valence-corrected chi connectivity index (χ2v) is 6.91. The first kappa shape index (κ1) is 17.6. The number of benzene rings is 2. The number of amides is 1. The number of carbonyl (C=O) groups excluding carboxylic acids is 1. The Balaban J connectivity index is 1.48. The highest BCUT2D eigenvalue weighted by molar-refractivity contribution is 7.99. The zero-order valence-corrected chi connectivity index (χ0v) is 15.2. The number of halogens is 1. The van der Waals surface area contributed by atoms with Gasteiger partial charge in [-0.3, -0.25) is 4.79 Å². The molecule has 25 heavy (non-hydrogen) atoms. The molecule has 3 rings (SSSR count). The molecular formula is C19H17ClN2O2S. The van der Waals surface area contributed by atoms with Crippen molar-refractivity contribution in [3.8, 4) is 11.5 Å². The second kappa shape index (κ2) is 8.23. The third-order valence-corrected chi connectivity index (χ3v) is 4.88. The third-order valence-electron chi connectivity index (χ3n) is 3.51. The fraction of sp³-hybridized carbons (Fsp3) is 0.158. The number of aryl methyl sites for hydroxylation is 1. The maximum atomic E-state index is 12.0. The topological polar surface area (TPSA) is 55.1 Å². The van der Waals surface area contributed by atoms with Gasteiger partial charge in [-0.1, -0.05) is 35.9 Å². The van der Waals surface area contributed by atoms with E-state index in [1.54, 1.807) is 12.3 Å². The van der Waals surface area contributed by atoms with E-state index in [9.17, 15) is 4.79 Å². The van der Waals surface area contributed by atoms with Gasteiger partial charge in [0.15, 0.2) is 0 Å². The SMILES string of the molecule is Cc1ccc(NC(=O)CSCc2coc(-c3ccccc3)n2)cc1Cl. The Kier molecular flexibility index (Phi) is 5.79. The summed E-state index contributed by atoms with van der Waals surface area (Å²) in [4.78, 5) is 16.5. The Morgan fingerprint density at radius 3 is 2.80 bits per heavy atom. The molecule has 0 radical (unpaired) electrons. The van der Waals surface area contributed by atoms with E-state index in [1.807, 2.05) is 49.4 Å². The number of nitrogens with zero attached hydrogens (tertiary/aromatic N) is 1. The molecule has 3 aromatic rings. The molecule has 128 valence electrons. The van der Waals surface area contributed by atoms with Gasteiger partial charge in [0.2, 0.25) is 11.8 Å². The molecule has 0 saturated carbocycles. The molecule has 0 aliphatic carbocycles. The van der Waals surface area contributed by atoms with Crippen molar-refractivity contribution in [2.24, 2.45) is 0 Å². The number of hydrogen-bond donors (Lipinski definition) is 1. The first-order valence-corrected chi connectivity index (χ1v) is 9.28. The number of rotatable bonds is 6. The average molecular weight is 373 g/mol. The Labute approximate surface area is 155 Å². The van der Waals surface area contributed by atoms with E-state index >= 15 is 0 Å². The first-order valence-electron chi connectivity index (χ1n) is 7.75. The van der Waals surface area contributed by atoms with Crippen molar-refractivity contribution >= 4 is 35.0 Å². The fourth-order valence-corrected chi connectivity index (χ4v) is 3.08. The molecule has 0 saturated heterocycles. The highest BCUT2D eigenvalue weighted by atomic mass is 35.5. The Morgan fingerprint density at radius 1 is 1.24 bits per heavy atom. The molecule has 6 heteroatoms. The number of hydrogen-bond acceptors (Lipinski definition) is 4. The van der Waals surface area contributed by atoms with Crippen LogP contribution in [0.1, 0.15) is 11.3 Å². The van der Waals surface area contributed by atoms with Gasteiger partial charge in [-0.25, -0.2) is 4.98 Å². The summed E-state index contributed by atoms with van der Waals surface area (Å²) in [5, 5.41) is 3.48. The van der Waals surface area contributed by atoms with E-state index in [-0.39, 0.29) is 5.91 Å². The summed E-state index contributed by atoms with van der Waals surface area (Å²) in [5.74, 6) is 1.46. The van der Waals surface area contributed by atoms with Crippen LogP contribution in [0.5, 0.6) is 0 Å². The molecule has 0 atom stereocenters. The predicted octanol–water partition coefficient (Wildman–Crippen LogP) is 5.18. The molecule has 0 spiro atoms. The summed E-state index contributed by atoms with van der Waals surface area (Å²) in [6.07, 6.45) is 1.63. The van der Waals surface area contributed by atoms with Crippen LogP contribution in [0.4, 0.5) is 5.69 Å². The number of anilines is 1. The highest BCUT2D eigenvalue weighted by Crippen LogP contribution is 2.22. The lowest BCUT2D eigenvalue weighted by atomic mass is 10.2. The van der Waals surface area contributed by atoms with Crippen molar-refractivity contribution < 1.29 is 9.21 Å². The summed E-state index contributed by atoms with van der Waals surface area (Å²) in [7, 11) is 0. The Morgan fingerprint density at radius 2 is 2.04 bits per heavy atom. The van der Waals surface area contributed by atoms with Crippen molar-refractivity contribution in [3.63, 3.8) is 0 Å². The molecule has 0 aliphatic rings. The third kappa shape index (κ3) is 4.87. The lowest BCUT2D eigenvalue weighted by molar-refractivity contribution is -0.113. The van der Waals surface area contributed by atoms with E-state index < -0.39 is 0 Å². The smallest absolute Gasteiger partial charge is 0.234 e. The summed E-state index contributed by atoms with van der Waals surface area (Å²) < 4.78 is 5.49. The number of oxazole rings is 1. The van der Waals surface area contributed by atoms with Gasteiger partial charge in [-0.2, -0.15) is 0 Å². The number of carbonyl (C=O) groups is 1. The molecule has 1 N–H and O–H groups in total. The van der Waals surface area contributed by atoms with Crippen LogP contribution < -0.4 is 5.32 Å². The van der Waals surface area contributed by atoms with Crippen LogP contribution >= 0.6 is 23.4 Å². The minimum atomic E-state index is -0.0725. The van der Waals surface area contributed by atoms with Crippen molar-refractivity contribution in [2.75, 3.05) is 11.1 Å². The monoisotopic (exact) mass is 372 g/mol. The van der Waals surface area contributed by atoms with Crippen molar-refractivity contribution in [2.45, 2.75) is 12.7 Å². The van der Waals surface area contributed by atoms with E-state index in [0.717, 1.165) is 16.8 Å². The molecule has 0 unspecified atom stereocenters. The molecule has 1 amide bonds. The maximum absolute atomic E-state index is 12.0. The van der Waals surface area contributed by atoms with Crippen LogP contribution in [-0.4, -0.2) is 16.6 Å². The molecule has 0 aliphatic heterocycles. The van der Waals surface area contributed by atoms with Crippen LogP contribution in [0.15, 0.2) is 59.2 Å². The molecule has 4 nitrogen and oxygen atoms in total. The predicted molar refractivity (Wildman–Crippen MR) is 103 cm³/mol. The average Bonchev–Trinajstić information content (AvgIpc) is 3.08. The molecule has 0 fully saturated rings. The van der Waals surface area contributed by atoms with Crippen LogP contribution in [0.2, 0.25) is 5.02 Å². The Bertz CT molecular complexity index is 865. The Hall–Kier alpha value is -2.24. The van der Waals surface area contributed by atoms with Crippen LogP contribution in [0.3, 0.4) is 0 Å². The van der Waals surface area contributed by atoms with Crippen LogP contribution in [-0.2, 0) is 10.5 Å². The van der Waals surface area contributed by atoms with Gasteiger partial charge in [0.1, 0.15) is 6.26 Å². The van der Waals surface area contributed by atoms with E-state index in [2.05, 4.69) is 10.3 Å². The van der Waals surface area contributed by atoms with E-state index in [4.69, 9.17) is 16.0 Å². The zero-order valence-electron chi connectivity index (χ0n) is 13.7. The lowest BCUT2D eigenvalue weighted by Crippen LogP contribution is -2.14. The maximum Gasteiger partial charge on any atom is 0.234 e. The van der Waals surface area contributed by atoms with Gasteiger partial charge in [0.25, 0.3) is 0 Å². The van der Waals surface area contributed by atoms with Crippen molar-refractivity contribution in [1.29, 1.82) is 0 Å². The zero-order chi connectivity index (χ0) is 17.6. The van der Waals surface area contributed by atoms with Crippen molar-refractivity contribution in [1.82, 2.24) is 4.98 Å². The molecule has 1 heterocycles. The van der Waals surface area contributed by atoms with Crippen LogP contribution in [0, 0.1) is 6.92 Å². The normalized spacial score (nSPS) is 10.6. The van der Waals surface area contributed by atoms with Gasteiger partial charge >= 0.3 is 0 Å². The minimum absolute atomic E-state index is 0.0725. The largest absolute Gasteiger partial charge is 0.444 e. The first-order chi connectivity index (χ1) is 12.1. The van der Waals surface area contributed by atoms with Gasteiger partial charge in [-0.15, -0.1) is 11.8 Å². The summed E-state index contributed by atoms with van der Waals surface area (Å²) in [5.41, 5.74) is 3.44. The molecule has 1 aromatic heterocycles. The molecular weight excluding hydrogens is 356 g/mol. The standard InChI is InChI=1S/C19H17ClN2O2S/c1-13-7-8-15(9-17(13)20)21-18(23)12-25-11-16-10-24-19(22-16)14-5-3-2-4-6-14/h2-10H,11-12H2,1H3,(H,21,23). The van der Waals surface area contributed by atoms with E-state index in [0.29, 0.717) is 28.1 Å². The number of nitrogens with one attached hydrogen (secondary N) is 1. The summed E-state index contributed by atoms with van der Waals surface area (Å²) in [6, 6.07) is 15.2. The fourth-order valence-electron chi connectivity index (χ4n) is 2.20. The summed E-state index contributed by atoms with van der Waals surface area (Å²) >= 11 is 7.54. The van der Waals surface area contributed by atoms with Gasteiger partial charge < -0.3 is 9.73 Å². The highest BCUT2D eigenvalue weighted by Gasteiger charge is 2.08. The second-order valence-electron chi connectivity index (χ2n) is 5.51. The van der Waals surface area contributed by atoms with E-state index in [1.165, 1.54) is 11.8 Å². The number of thioether (sulfide) groups is 1. The quantitative estimate of drug-likeness (QED) is 0.648. The van der Waals surface area contributed by atoms with Crippen LogP contribution in [0.25, 0.3) is 11.5 Å². The van der Waals surface area contributed by atoms with Gasteiger partial charge in [0.05, 0.1) is 11.4 Å². The summed E-state index contributed by atoms with van der Waals surface area (Å²) in [6.45, 7) is 1.92.